The van der Waals surface area contributed by atoms with Gasteiger partial charge in [-0.2, -0.15) is 0 Å². The third kappa shape index (κ3) is 5.22. The van der Waals surface area contributed by atoms with Crippen molar-refractivity contribution < 1.29 is 4.79 Å². The number of carbonyl (C=O) groups excluding carboxylic acids is 1. The Labute approximate surface area is 156 Å². The van der Waals surface area contributed by atoms with Crippen LogP contribution in [-0.4, -0.2) is 78.7 Å². The zero-order valence-corrected chi connectivity index (χ0v) is 16.6. The largest absolute Gasteiger partial charge is 0.342 e. The summed E-state index contributed by atoms with van der Waals surface area (Å²) in [6.45, 7) is 6.62. The van der Waals surface area contributed by atoms with E-state index in [4.69, 9.17) is 0 Å². The lowest BCUT2D eigenvalue weighted by Gasteiger charge is -2.33. The minimum atomic E-state index is 0.318. The van der Waals surface area contributed by atoms with Gasteiger partial charge in [-0.25, -0.2) is 0 Å². The summed E-state index contributed by atoms with van der Waals surface area (Å²) >= 11 is 1.97. The first-order chi connectivity index (χ1) is 12.0. The van der Waals surface area contributed by atoms with Crippen LogP contribution in [0.1, 0.15) is 24.8 Å². The molecule has 1 aromatic carbocycles. The molecular formula is C20H31N3OS. The Bertz CT molecular complexity index is 567. The van der Waals surface area contributed by atoms with Gasteiger partial charge in [0.2, 0.25) is 5.91 Å². The van der Waals surface area contributed by atoms with Crippen LogP contribution in [0.2, 0.25) is 0 Å². The van der Waals surface area contributed by atoms with Crippen LogP contribution in [0.15, 0.2) is 29.2 Å². The number of nitrogens with zero attached hydrogens (tertiary/aromatic N) is 3. The van der Waals surface area contributed by atoms with E-state index in [-0.39, 0.29) is 0 Å². The van der Waals surface area contributed by atoms with Crippen LogP contribution in [0.4, 0.5) is 0 Å². The number of likely N-dealkylation sites (tertiary alicyclic amines) is 2. The van der Waals surface area contributed by atoms with E-state index in [0.717, 1.165) is 39.0 Å². The fourth-order valence-electron chi connectivity index (χ4n) is 3.70. The summed E-state index contributed by atoms with van der Waals surface area (Å²) < 4.78 is 0. The second kappa shape index (κ2) is 8.56. The van der Waals surface area contributed by atoms with Gasteiger partial charge in [0.25, 0.3) is 0 Å². The van der Waals surface area contributed by atoms with Gasteiger partial charge in [0, 0.05) is 42.4 Å². The standard InChI is InChI=1S/C20H31N3OS/c1-16-4-6-18(7-5-16)25-19-9-12-23(13-10-19)20(24)15-22-11-8-17(14-22)21(2)3/h4-7,17,19H,8-15H2,1-3H3/t17-/m1/s1. The zero-order chi connectivity index (χ0) is 17.8. The lowest BCUT2D eigenvalue weighted by Crippen LogP contribution is -2.44. The fourth-order valence-corrected chi connectivity index (χ4v) is 4.83. The van der Waals surface area contributed by atoms with Gasteiger partial charge in [0.1, 0.15) is 0 Å². The van der Waals surface area contributed by atoms with E-state index < -0.39 is 0 Å². The topological polar surface area (TPSA) is 26.8 Å². The van der Waals surface area contributed by atoms with Gasteiger partial charge in [0.15, 0.2) is 0 Å². The molecule has 0 unspecified atom stereocenters. The molecule has 0 aromatic heterocycles. The number of rotatable bonds is 5. The summed E-state index contributed by atoms with van der Waals surface area (Å²) in [5, 5.41) is 0.636. The van der Waals surface area contributed by atoms with Gasteiger partial charge in [-0.15, -0.1) is 11.8 Å². The van der Waals surface area contributed by atoms with Gasteiger partial charge in [-0.05, 0) is 52.4 Å². The number of amides is 1. The zero-order valence-electron chi connectivity index (χ0n) is 15.8. The van der Waals surface area contributed by atoms with Crippen molar-refractivity contribution >= 4 is 17.7 Å². The van der Waals surface area contributed by atoms with Crippen molar-refractivity contribution in [3.05, 3.63) is 29.8 Å². The molecule has 2 fully saturated rings. The van der Waals surface area contributed by atoms with E-state index in [1.54, 1.807) is 0 Å². The maximum atomic E-state index is 12.6. The minimum absolute atomic E-state index is 0.318. The number of hydrogen-bond donors (Lipinski definition) is 0. The molecule has 4 nitrogen and oxygen atoms in total. The van der Waals surface area contributed by atoms with Crippen LogP contribution in [0.25, 0.3) is 0 Å². The number of carbonyl (C=O) groups is 1. The highest BCUT2D eigenvalue weighted by Crippen LogP contribution is 2.30. The van der Waals surface area contributed by atoms with Gasteiger partial charge in [-0.1, -0.05) is 17.7 Å². The molecule has 2 heterocycles. The van der Waals surface area contributed by atoms with Crippen molar-refractivity contribution in [1.82, 2.24) is 14.7 Å². The molecule has 0 spiro atoms. The first kappa shape index (κ1) is 18.7. The van der Waals surface area contributed by atoms with E-state index in [0.29, 0.717) is 23.7 Å². The highest BCUT2D eigenvalue weighted by molar-refractivity contribution is 8.00. The molecule has 3 rings (SSSR count). The second-order valence-corrected chi connectivity index (χ2v) is 9.03. The van der Waals surface area contributed by atoms with Crippen molar-refractivity contribution in [3.63, 3.8) is 0 Å². The predicted octanol–water partition coefficient (Wildman–Crippen LogP) is 2.71. The molecule has 1 atom stereocenters. The monoisotopic (exact) mass is 361 g/mol. The molecular weight excluding hydrogens is 330 g/mol. The van der Waals surface area contributed by atoms with Crippen LogP contribution in [0, 0.1) is 6.92 Å². The van der Waals surface area contributed by atoms with Crippen LogP contribution in [0.3, 0.4) is 0 Å². The smallest absolute Gasteiger partial charge is 0.236 e. The summed E-state index contributed by atoms with van der Waals surface area (Å²) in [5.41, 5.74) is 1.31. The van der Waals surface area contributed by atoms with Crippen LogP contribution < -0.4 is 0 Å². The summed E-state index contributed by atoms with van der Waals surface area (Å²) in [6.07, 6.45) is 3.38. The molecule has 138 valence electrons. The quantitative estimate of drug-likeness (QED) is 0.806. The Morgan fingerprint density at radius 3 is 2.40 bits per heavy atom. The molecule has 0 aliphatic carbocycles. The van der Waals surface area contributed by atoms with Crippen LogP contribution >= 0.6 is 11.8 Å². The molecule has 25 heavy (non-hydrogen) atoms. The lowest BCUT2D eigenvalue weighted by molar-refractivity contribution is -0.133. The van der Waals surface area contributed by atoms with Crippen molar-refractivity contribution in [2.75, 3.05) is 46.8 Å². The lowest BCUT2D eigenvalue weighted by atomic mass is 10.1. The normalized spacial score (nSPS) is 22.7. The minimum Gasteiger partial charge on any atom is -0.342 e. The number of piperidine rings is 1. The first-order valence-electron chi connectivity index (χ1n) is 9.41. The summed E-state index contributed by atoms with van der Waals surface area (Å²) in [7, 11) is 4.26. The van der Waals surface area contributed by atoms with Crippen LogP contribution in [-0.2, 0) is 4.79 Å². The molecule has 2 saturated heterocycles. The molecule has 1 aromatic rings. The Morgan fingerprint density at radius 1 is 1.12 bits per heavy atom. The number of likely N-dealkylation sites (N-methyl/N-ethyl adjacent to an activating group) is 1. The third-order valence-electron chi connectivity index (χ3n) is 5.46. The van der Waals surface area contributed by atoms with E-state index >= 15 is 0 Å². The average molecular weight is 362 g/mol. The van der Waals surface area contributed by atoms with E-state index in [1.165, 1.54) is 16.9 Å². The molecule has 0 radical (unpaired) electrons. The van der Waals surface area contributed by atoms with Crippen molar-refractivity contribution in [2.24, 2.45) is 0 Å². The number of thioether (sulfide) groups is 1. The molecule has 0 saturated carbocycles. The van der Waals surface area contributed by atoms with Crippen molar-refractivity contribution in [1.29, 1.82) is 0 Å². The van der Waals surface area contributed by atoms with Crippen molar-refractivity contribution in [3.8, 4) is 0 Å². The fraction of sp³-hybridized carbons (Fsp3) is 0.650. The van der Waals surface area contributed by atoms with E-state index in [9.17, 15) is 4.79 Å². The van der Waals surface area contributed by atoms with Crippen LogP contribution in [0.5, 0.6) is 0 Å². The SMILES string of the molecule is Cc1ccc(SC2CCN(C(=O)CN3CC[C@@H](N(C)C)C3)CC2)cc1. The molecule has 2 aliphatic rings. The Balaban J connectivity index is 1.41. The summed E-state index contributed by atoms with van der Waals surface area (Å²) in [5.74, 6) is 0.318. The van der Waals surface area contributed by atoms with Gasteiger partial charge >= 0.3 is 0 Å². The third-order valence-corrected chi connectivity index (χ3v) is 6.80. The number of aryl methyl sites for hydroxylation is 1. The highest BCUT2D eigenvalue weighted by Gasteiger charge is 2.28. The van der Waals surface area contributed by atoms with Gasteiger partial charge in [0.05, 0.1) is 6.54 Å². The average Bonchev–Trinajstić information content (AvgIpc) is 3.06. The summed E-state index contributed by atoms with van der Waals surface area (Å²) in [6, 6.07) is 9.39. The Kier molecular flexibility index (Phi) is 6.42. The highest BCUT2D eigenvalue weighted by atomic mass is 32.2. The van der Waals surface area contributed by atoms with E-state index in [1.807, 2.05) is 11.8 Å². The molecule has 5 heteroatoms. The molecule has 0 N–H and O–H groups in total. The predicted molar refractivity (Wildman–Crippen MR) is 105 cm³/mol. The summed E-state index contributed by atoms with van der Waals surface area (Å²) in [4.78, 5) is 20.6. The maximum absolute atomic E-state index is 12.6. The van der Waals surface area contributed by atoms with Crippen molar-refractivity contribution in [2.45, 2.75) is 42.4 Å². The first-order valence-corrected chi connectivity index (χ1v) is 10.3. The van der Waals surface area contributed by atoms with E-state index in [2.05, 4.69) is 60.0 Å². The Morgan fingerprint density at radius 2 is 1.80 bits per heavy atom. The number of benzene rings is 1. The van der Waals surface area contributed by atoms with Gasteiger partial charge < -0.3 is 9.80 Å². The Hall–Kier alpha value is -1.04. The second-order valence-electron chi connectivity index (χ2n) is 7.65. The van der Waals surface area contributed by atoms with Gasteiger partial charge in [-0.3, -0.25) is 9.69 Å². The molecule has 0 bridgehead atoms. The molecule has 1 amide bonds. The maximum Gasteiger partial charge on any atom is 0.236 e. The molecule has 2 aliphatic heterocycles. The number of hydrogen-bond acceptors (Lipinski definition) is 4.